The van der Waals surface area contributed by atoms with E-state index in [1.165, 1.54) is 18.2 Å². The molecule has 2 atom stereocenters. The Morgan fingerprint density at radius 1 is 0.958 bits per heavy atom. The topological polar surface area (TPSA) is 109 Å². The number of allylic oxidation sites excluding steroid dienone is 4. The summed E-state index contributed by atoms with van der Waals surface area (Å²) >= 11 is 0. The van der Waals surface area contributed by atoms with Crippen molar-refractivity contribution in [3.63, 3.8) is 0 Å². The van der Waals surface area contributed by atoms with Crippen LogP contribution in [0.25, 0.3) is 6.08 Å². The Morgan fingerprint density at radius 2 is 1.54 bits per heavy atom. The summed E-state index contributed by atoms with van der Waals surface area (Å²) < 4.78 is 64.2. The molecular formula is C14H14Na2O6S2. The normalized spacial score (nSPS) is 20.8. The molecule has 10 heteroatoms. The van der Waals surface area contributed by atoms with Crippen LogP contribution >= 0.6 is 0 Å². The van der Waals surface area contributed by atoms with Gasteiger partial charge in [-0.05, 0) is 11.6 Å². The molecule has 2 unspecified atom stereocenters. The number of hydrogen-bond donors (Lipinski definition) is 2. The standard InChI is InChI=1S/C14H14O6S2.2Na/c15-21(16,17)13-8-4-7-12(14(13)22(18,19)20)10-9-11-5-2-1-3-6-11;;/h1-10,12,14H,(H,15,16,17)(H,18,19,20);;. The van der Waals surface area contributed by atoms with Crippen LogP contribution in [0.1, 0.15) is 5.56 Å². The summed E-state index contributed by atoms with van der Waals surface area (Å²) in [6.07, 6.45) is 6.79. The predicted octanol–water partition coefficient (Wildman–Crippen LogP) is 1.15. The van der Waals surface area contributed by atoms with Gasteiger partial charge in [0.2, 0.25) is 0 Å². The van der Waals surface area contributed by atoms with E-state index in [0.29, 0.717) is 0 Å². The summed E-state index contributed by atoms with van der Waals surface area (Å²) in [5.74, 6) is -0.919. The molecule has 0 aliphatic heterocycles. The monoisotopic (exact) mass is 388 g/mol. The van der Waals surface area contributed by atoms with Crippen LogP contribution < -0.4 is 0 Å². The predicted molar refractivity (Wildman–Crippen MR) is 94.6 cm³/mol. The molecule has 120 valence electrons. The molecule has 1 aromatic rings. The number of rotatable bonds is 4. The van der Waals surface area contributed by atoms with E-state index in [9.17, 15) is 21.4 Å². The third-order valence-corrected chi connectivity index (χ3v) is 5.50. The van der Waals surface area contributed by atoms with E-state index in [1.807, 2.05) is 6.07 Å². The van der Waals surface area contributed by atoms with Crippen molar-refractivity contribution in [2.75, 3.05) is 0 Å². The first-order chi connectivity index (χ1) is 10.2. The van der Waals surface area contributed by atoms with E-state index in [-0.39, 0.29) is 59.1 Å². The summed E-state index contributed by atoms with van der Waals surface area (Å²) in [4.78, 5) is -0.750. The molecule has 0 spiro atoms. The van der Waals surface area contributed by atoms with Crippen molar-refractivity contribution < 1.29 is 25.9 Å². The summed E-state index contributed by atoms with van der Waals surface area (Å²) in [5.41, 5.74) is 0.785. The molecule has 0 heterocycles. The zero-order chi connectivity index (χ0) is 16.4. The molecule has 2 rings (SSSR count). The molecule has 2 N–H and O–H groups in total. The van der Waals surface area contributed by atoms with Crippen LogP contribution in [0.15, 0.2) is 59.5 Å². The molecule has 1 aliphatic carbocycles. The fourth-order valence-electron chi connectivity index (χ4n) is 2.19. The van der Waals surface area contributed by atoms with Gasteiger partial charge in [-0.3, -0.25) is 9.11 Å². The first kappa shape index (κ1) is 24.3. The second kappa shape index (κ2) is 9.82. The van der Waals surface area contributed by atoms with Crippen molar-refractivity contribution in [2.45, 2.75) is 5.25 Å². The molecule has 6 nitrogen and oxygen atoms in total. The third kappa shape index (κ3) is 6.53. The van der Waals surface area contributed by atoms with E-state index < -0.39 is 36.3 Å². The smallest absolute Gasteiger partial charge is 0.285 e. The fourth-order valence-corrected chi connectivity index (χ4v) is 4.58. The van der Waals surface area contributed by atoms with E-state index in [1.54, 1.807) is 30.3 Å². The summed E-state index contributed by atoms with van der Waals surface area (Å²) in [7, 11) is -9.46. The van der Waals surface area contributed by atoms with Gasteiger partial charge in [0, 0.05) is 65.0 Å². The quantitative estimate of drug-likeness (QED) is 0.592. The van der Waals surface area contributed by atoms with E-state index in [2.05, 4.69) is 0 Å². The molecule has 0 fully saturated rings. The number of benzene rings is 1. The maximum atomic E-state index is 11.5. The van der Waals surface area contributed by atoms with Crippen molar-refractivity contribution >= 4 is 85.4 Å². The maximum absolute atomic E-state index is 11.5. The van der Waals surface area contributed by atoms with Gasteiger partial charge in [-0.1, -0.05) is 54.6 Å². The van der Waals surface area contributed by atoms with Gasteiger partial charge in [0.15, 0.2) is 0 Å². The minimum Gasteiger partial charge on any atom is -0.285 e. The van der Waals surface area contributed by atoms with Crippen molar-refractivity contribution in [3.05, 3.63) is 65.1 Å². The van der Waals surface area contributed by atoms with Gasteiger partial charge in [-0.2, -0.15) is 16.8 Å². The van der Waals surface area contributed by atoms with Crippen molar-refractivity contribution in [1.29, 1.82) is 0 Å². The van der Waals surface area contributed by atoms with Crippen molar-refractivity contribution in [1.82, 2.24) is 0 Å². The van der Waals surface area contributed by atoms with Gasteiger partial charge in [0.25, 0.3) is 20.2 Å². The molecule has 0 amide bonds. The Labute approximate surface area is 185 Å². The van der Waals surface area contributed by atoms with Crippen LogP contribution in [0.4, 0.5) is 0 Å². The van der Waals surface area contributed by atoms with Gasteiger partial charge in [0.05, 0.1) is 4.91 Å². The zero-order valence-electron chi connectivity index (χ0n) is 13.3. The van der Waals surface area contributed by atoms with Crippen LogP contribution in [-0.4, -0.2) is 90.3 Å². The minimum atomic E-state index is -4.74. The maximum Gasteiger partial charge on any atom is 0.292 e. The Kier molecular flexibility index (Phi) is 9.93. The number of hydrogen-bond acceptors (Lipinski definition) is 4. The molecule has 0 saturated carbocycles. The minimum absolute atomic E-state index is 0. The average molecular weight is 388 g/mol. The molecule has 0 saturated heterocycles. The fraction of sp³-hybridized carbons (Fsp3) is 0.143. The SMILES string of the molecule is O=S(=O)(O)C1=CC=CC(C=Cc2ccccc2)C1S(=O)(=O)O.[Na].[Na]. The molecular weight excluding hydrogens is 374 g/mol. The third-order valence-electron chi connectivity index (χ3n) is 3.15. The van der Waals surface area contributed by atoms with Crippen LogP contribution in [0.2, 0.25) is 0 Å². The Bertz CT molecular complexity index is 843. The van der Waals surface area contributed by atoms with Crippen LogP contribution in [0.3, 0.4) is 0 Å². The van der Waals surface area contributed by atoms with E-state index in [0.717, 1.165) is 11.6 Å². The van der Waals surface area contributed by atoms with Gasteiger partial charge in [-0.25, -0.2) is 0 Å². The Morgan fingerprint density at radius 3 is 2.04 bits per heavy atom. The van der Waals surface area contributed by atoms with Crippen molar-refractivity contribution in [2.24, 2.45) is 5.92 Å². The summed E-state index contributed by atoms with van der Waals surface area (Å²) in [6, 6.07) is 8.97. The zero-order valence-corrected chi connectivity index (χ0v) is 18.9. The van der Waals surface area contributed by atoms with Crippen LogP contribution in [0.5, 0.6) is 0 Å². The molecule has 1 aliphatic rings. The summed E-state index contributed by atoms with van der Waals surface area (Å²) in [5, 5.41) is -1.77. The van der Waals surface area contributed by atoms with E-state index >= 15 is 0 Å². The van der Waals surface area contributed by atoms with Crippen LogP contribution in [0, 0.1) is 5.92 Å². The average Bonchev–Trinajstić information content (AvgIpc) is 2.44. The second-order valence-electron chi connectivity index (χ2n) is 4.71. The van der Waals surface area contributed by atoms with Crippen LogP contribution in [-0.2, 0) is 20.2 Å². The molecule has 1 aromatic carbocycles. The first-order valence-electron chi connectivity index (χ1n) is 6.25. The first-order valence-corrected chi connectivity index (χ1v) is 9.19. The van der Waals surface area contributed by atoms with Gasteiger partial charge >= 0.3 is 0 Å². The van der Waals surface area contributed by atoms with Gasteiger partial charge in [0.1, 0.15) is 5.25 Å². The molecule has 0 aromatic heterocycles. The molecule has 2 radical (unpaired) electrons. The molecule has 24 heavy (non-hydrogen) atoms. The van der Waals surface area contributed by atoms with Crippen molar-refractivity contribution in [3.8, 4) is 0 Å². The van der Waals surface area contributed by atoms with Gasteiger partial charge < -0.3 is 0 Å². The van der Waals surface area contributed by atoms with E-state index in [4.69, 9.17) is 4.55 Å². The van der Waals surface area contributed by atoms with Gasteiger partial charge in [-0.15, -0.1) is 0 Å². The second-order valence-corrected chi connectivity index (χ2v) is 7.67. The molecule has 0 bridgehead atoms. The summed E-state index contributed by atoms with van der Waals surface area (Å²) in [6.45, 7) is 0. The Balaban J connectivity index is 0.00000264. The Hall–Kier alpha value is 0.260. The largest absolute Gasteiger partial charge is 0.292 e.